The molecule has 0 bridgehead atoms. The fraction of sp³-hybridized carbons (Fsp3) is 0.391. The molecule has 1 atom stereocenters. The molecule has 2 aliphatic heterocycles. The minimum absolute atomic E-state index is 0.0812. The zero-order valence-corrected chi connectivity index (χ0v) is 17.2. The lowest BCUT2D eigenvalue weighted by atomic mass is 9.91. The number of nitrogens with one attached hydrogen (secondary N) is 1. The number of hydrogen-bond donors (Lipinski definition) is 2. The smallest absolute Gasteiger partial charge is 0.262 e. The van der Waals surface area contributed by atoms with Crippen molar-refractivity contribution in [1.29, 1.82) is 0 Å². The summed E-state index contributed by atoms with van der Waals surface area (Å²) >= 11 is 0. The average molecular weight is 423 g/mol. The van der Waals surface area contributed by atoms with Crippen LogP contribution in [0, 0.1) is 0 Å². The van der Waals surface area contributed by atoms with Crippen molar-refractivity contribution in [3.63, 3.8) is 0 Å². The van der Waals surface area contributed by atoms with Gasteiger partial charge < -0.3 is 10.5 Å². The molecular weight excluding hydrogens is 398 g/mol. The fourth-order valence-corrected chi connectivity index (χ4v) is 4.18. The third-order valence-electron chi connectivity index (χ3n) is 5.74. The quantitative estimate of drug-likeness (QED) is 0.496. The number of imide groups is 2. The number of benzene rings is 2. The standard InChI is InChI=1S/C23H25N3O5/c24-10-3-1-2-4-11-31-15-12-14-6-5-7-16-20(14)17(13-15)23(30)26(22(16)29)18-8-9-19(27)25-21(18)28/h5-7,12-13,18H,1-4,8-11,24H2,(H,25,27,28). The summed E-state index contributed by atoms with van der Waals surface area (Å²) in [7, 11) is 0. The Hall–Kier alpha value is -3.26. The molecule has 8 heteroatoms. The Kier molecular flexibility index (Phi) is 5.99. The van der Waals surface area contributed by atoms with Crippen LogP contribution >= 0.6 is 0 Å². The maximum absolute atomic E-state index is 13.3. The van der Waals surface area contributed by atoms with Crippen molar-refractivity contribution in [2.45, 2.75) is 44.6 Å². The molecule has 2 aromatic carbocycles. The van der Waals surface area contributed by atoms with Gasteiger partial charge in [0.1, 0.15) is 11.8 Å². The maximum atomic E-state index is 13.3. The van der Waals surface area contributed by atoms with E-state index in [1.165, 1.54) is 0 Å². The summed E-state index contributed by atoms with van der Waals surface area (Å²) < 4.78 is 5.88. The van der Waals surface area contributed by atoms with Crippen molar-refractivity contribution in [2.75, 3.05) is 13.2 Å². The summed E-state index contributed by atoms with van der Waals surface area (Å²) in [5.41, 5.74) is 6.20. The average Bonchev–Trinajstić information content (AvgIpc) is 2.75. The van der Waals surface area contributed by atoms with Gasteiger partial charge >= 0.3 is 0 Å². The van der Waals surface area contributed by atoms with Crippen LogP contribution in [0.1, 0.15) is 59.2 Å². The van der Waals surface area contributed by atoms with Crippen molar-refractivity contribution >= 4 is 34.4 Å². The third-order valence-corrected chi connectivity index (χ3v) is 5.74. The first-order chi connectivity index (χ1) is 15.0. The van der Waals surface area contributed by atoms with E-state index >= 15 is 0 Å². The van der Waals surface area contributed by atoms with E-state index in [1.807, 2.05) is 12.1 Å². The molecule has 8 nitrogen and oxygen atoms in total. The molecule has 4 rings (SSSR count). The van der Waals surface area contributed by atoms with E-state index in [0.29, 0.717) is 35.4 Å². The van der Waals surface area contributed by atoms with Gasteiger partial charge in [-0.2, -0.15) is 0 Å². The largest absolute Gasteiger partial charge is 0.494 e. The van der Waals surface area contributed by atoms with E-state index in [1.54, 1.807) is 18.2 Å². The van der Waals surface area contributed by atoms with Crippen molar-refractivity contribution < 1.29 is 23.9 Å². The number of nitrogens with zero attached hydrogens (tertiary/aromatic N) is 1. The van der Waals surface area contributed by atoms with Gasteiger partial charge in [-0.1, -0.05) is 25.0 Å². The summed E-state index contributed by atoms with van der Waals surface area (Å²) in [5, 5.41) is 3.52. The SMILES string of the molecule is NCCCCCCOc1cc2c3c(cccc3c1)C(=O)N(C1CCC(=O)NC1=O)C2=O. The summed E-state index contributed by atoms with van der Waals surface area (Å²) in [5.74, 6) is -1.55. The van der Waals surface area contributed by atoms with E-state index in [4.69, 9.17) is 10.5 Å². The maximum Gasteiger partial charge on any atom is 0.262 e. The summed E-state index contributed by atoms with van der Waals surface area (Å²) in [6, 6.07) is 7.68. The van der Waals surface area contributed by atoms with E-state index in [2.05, 4.69) is 5.32 Å². The normalized spacial score (nSPS) is 18.5. The molecule has 4 amide bonds. The molecule has 0 aromatic heterocycles. The first-order valence-corrected chi connectivity index (χ1v) is 10.6. The molecule has 0 radical (unpaired) electrons. The number of amides is 4. The number of unbranched alkanes of at least 4 members (excludes halogenated alkanes) is 3. The van der Waals surface area contributed by atoms with E-state index in [9.17, 15) is 19.2 Å². The molecule has 0 aliphatic carbocycles. The molecule has 1 saturated heterocycles. The van der Waals surface area contributed by atoms with Gasteiger partial charge in [0.05, 0.1) is 12.2 Å². The van der Waals surface area contributed by atoms with E-state index in [0.717, 1.165) is 36.0 Å². The third kappa shape index (κ3) is 4.03. The lowest BCUT2D eigenvalue weighted by Gasteiger charge is -2.34. The Morgan fingerprint density at radius 2 is 1.77 bits per heavy atom. The summed E-state index contributed by atoms with van der Waals surface area (Å²) in [6.45, 7) is 1.20. The second-order valence-electron chi connectivity index (χ2n) is 7.87. The highest BCUT2D eigenvalue weighted by atomic mass is 16.5. The molecule has 2 heterocycles. The van der Waals surface area contributed by atoms with Crippen molar-refractivity contribution in [3.8, 4) is 5.75 Å². The van der Waals surface area contributed by atoms with Crippen LogP contribution in [0.3, 0.4) is 0 Å². The molecule has 2 aromatic rings. The molecule has 0 saturated carbocycles. The highest BCUT2D eigenvalue weighted by Crippen LogP contribution is 2.35. The Bertz CT molecular complexity index is 1060. The van der Waals surface area contributed by atoms with Crippen molar-refractivity contribution in [2.24, 2.45) is 5.73 Å². The van der Waals surface area contributed by atoms with E-state index < -0.39 is 29.7 Å². The van der Waals surface area contributed by atoms with Gasteiger partial charge in [-0.25, -0.2) is 0 Å². The molecule has 2 aliphatic rings. The highest BCUT2D eigenvalue weighted by Gasteiger charge is 2.42. The first kappa shape index (κ1) is 21.0. The number of ether oxygens (including phenoxy) is 1. The van der Waals surface area contributed by atoms with Crippen LogP contribution in [-0.4, -0.2) is 47.7 Å². The number of carbonyl (C=O) groups is 4. The molecule has 1 unspecified atom stereocenters. The predicted octanol–water partition coefficient (Wildman–Crippen LogP) is 2.14. The van der Waals surface area contributed by atoms with Crippen LogP contribution in [0.25, 0.3) is 10.8 Å². The lowest BCUT2D eigenvalue weighted by molar-refractivity contribution is -0.136. The Labute approximate surface area is 179 Å². The van der Waals surface area contributed by atoms with Crippen LogP contribution in [-0.2, 0) is 9.59 Å². The predicted molar refractivity (Wildman–Crippen MR) is 114 cm³/mol. The van der Waals surface area contributed by atoms with Crippen LogP contribution in [0.4, 0.5) is 0 Å². The van der Waals surface area contributed by atoms with Gasteiger partial charge in [0, 0.05) is 17.4 Å². The van der Waals surface area contributed by atoms with Gasteiger partial charge in [-0.05, 0) is 49.4 Å². The minimum Gasteiger partial charge on any atom is -0.494 e. The fourth-order valence-electron chi connectivity index (χ4n) is 4.18. The summed E-state index contributed by atoms with van der Waals surface area (Å²) in [4.78, 5) is 51.3. The molecule has 3 N–H and O–H groups in total. The lowest BCUT2D eigenvalue weighted by Crippen LogP contribution is -2.57. The highest BCUT2D eigenvalue weighted by molar-refractivity contribution is 6.27. The Balaban J connectivity index is 1.62. The van der Waals surface area contributed by atoms with Gasteiger partial charge in [0.2, 0.25) is 11.8 Å². The van der Waals surface area contributed by atoms with Gasteiger partial charge in [0.25, 0.3) is 11.8 Å². The molecule has 0 spiro atoms. The first-order valence-electron chi connectivity index (χ1n) is 10.6. The monoisotopic (exact) mass is 423 g/mol. The number of hydrogen-bond acceptors (Lipinski definition) is 6. The van der Waals surface area contributed by atoms with Crippen molar-refractivity contribution in [1.82, 2.24) is 10.2 Å². The molecule has 162 valence electrons. The van der Waals surface area contributed by atoms with Crippen LogP contribution in [0.2, 0.25) is 0 Å². The van der Waals surface area contributed by atoms with Gasteiger partial charge in [-0.15, -0.1) is 0 Å². The topological polar surface area (TPSA) is 119 Å². The molecule has 1 fully saturated rings. The van der Waals surface area contributed by atoms with Gasteiger partial charge in [-0.3, -0.25) is 29.4 Å². The van der Waals surface area contributed by atoms with Crippen LogP contribution in [0.15, 0.2) is 30.3 Å². The van der Waals surface area contributed by atoms with E-state index in [-0.39, 0.29) is 12.8 Å². The molecule has 31 heavy (non-hydrogen) atoms. The number of carbonyl (C=O) groups excluding carboxylic acids is 4. The summed E-state index contributed by atoms with van der Waals surface area (Å²) in [6.07, 6.45) is 4.13. The van der Waals surface area contributed by atoms with Crippen LogP contribution in [0.5, 0.6) is 5.75 Å². The number of nitrogens with two attached hydrogens (primary N) is 1. The number of rotatable bonds is 8. The van der Waals surface area contributed by atoms with Gasteiger partial charge in [0.15, 0.2) is 0 Å². The Morgan fingerprint density at radius 1 is 1.00 bits per heavy atom. The second kappa shape index (κ2) is 8.85. The molecular formula is C23H25N3O5. The minimum atomic E-state index is -1.01. The number of piperidine rings is 1. The Morgan fingerprint density at radius 3 is 2.55 bits per heavy atom. The zero-order valence-electron chi connectivity index (χ0n) is 17.2. The van der Waals surface area contributed by atoms with Crippen molar-refractivity contribution in [3.05, 3.63) is 41.5 Å². The zero-order chi connectivity index (χ0) is 22.0. The second-order valence-corrected chi connectivity index (χ2v) is 7.87. The van der Waals surface area contributed by atoms with Crippen LogP contribution < -0.4 is 15.8 Å².